The number of hydrogen-bond acceptors (Lipinski definition) is 4. The SMILES string of the molecule is CCCNC(=O)[C@@H](C)NC(=O)c1cc2n(n1)CCCN(Cc1ccccc1)C2=O. The van der Waals surface area contributed by atoms with Gasteiger partial charge in [0.05, 0.1) is 0 Å². The molecule has 0 saturated heterocycles. The monoisotopic (exact) mass is 397 g/mol. The molecule has 1 atom stereocenters. The standard InChI is InChI=1S/C21H27N5O3/c1-3-10-22-19(27)15(2)23-20(28)17-13-18-21(29)25(11-7-12-26(18)24-17)14-16-8-5-4-6-9-16/h4-6,8-9,13,15H,3,7,10-12,14H2,1-2H3,(H,22,27)(H,23,28)/t15-/m1/s1. The van der Waals surface area contributed by atoms with Gasteiger partial charge in [-0.1, -0.05) is 37.3 Å². The second-order valence-electron chi connectivity index (χ2n) is 7.19. The van der Waals surface area contributed by atoms with Crippen LogP contribution in [0, 0.1) is 0 Å². The average molecular weight is 397 g/mol. The number of nitrogens with one attached hydrogen (secondary N) is 2. The van der Waals surface area contributed by atoms with Crippen molar-refractivity contribution in [2.75, 3.05) is 13.1 Å². The van der Waals surface area contributed by atoms with E-state index in [9.17, 15) is 14.4 Å². The summed E-state index contributed by atoms with van der Waals surface area (Å²) in [7, 11) is 0. The van der Waals surface area contributed by atoms with E-state index >= 15 is 0 Å². The molecule has 1 aromatic heterocycles. The van der Waals surface area contributed by atoms with Gasteiger partial charge < -0.3 is 15.5 Å². The summed E-state index contributed by atoms with van der Waals surface area (Å²) in [6, 6.07) is 10.6. The average Bonchev–Trinajstić information content (AvgIpc) is 3.10. The van der Waals surface area contributed by atoms with Crippen molar-refractivity contribution in [3.8, 4) is 0 Å². The van der Waals surface area contributed by atoms with Crippen LogP contribution < -0.4 is 10.6 Å². The zero-order chi connectivity index (χ0) is 20.8. The van der Waals surface area contributed by atoms with Gasteiger partial charge in [-0.15, -0.1) is 0 Å². The van der Waals surface area contributed by atoms with Crippen LogP contribution in [0.1, 0.15) is 53.2 Å². The Labute approximate surface area is 170 Å². The number of aryl methyl sites for hydroxylation is 1. The molecule has 0 radical (unpaired) electrons. The number of carbonyl (C=O) groups excluding carboxylic acids is 3. The molecule has 8 nitrogen and oxygen atoms in total. The number of nitrogens with zero attached hydrogens (tertiary/aromatic N) is 3. The van der Waals surface area contributed by atoms with Gasteiger partial charge in [-0.2, -0.15) is 5.10 Å². The molecule has 29 heavy (non-hydrogen) atoms. The number of hydrogen-bond donors (Lipinski definition) is 2. The van der Waals surface area contributed by atoms with Crippen LogP contribution in [0.5, 0.6) is 0 Å². The molecular formula is C21H27N5O3. The molecule has 0 spiro atoms. The summed E-state index contributed by atoms with van der Waals surface area (Å²) in [5.74, 6) is -0.857. The molecule has 8 heteroatoms. The molecule has 0 fully saturated rings. The van der Waals surface area contributed by atoms with Crippen LogP contribution in [0.4, 0.5) is 0 Å². The van der Waals surface area contributed by atoms with Crippen LogP contribution >= 0.6 is 0 Å². The minimum atomic E-state index is -0.680. The van der Waals surface area contributed by atoms with Gasteiger partial charge >= 0.3 is 0 Å². The van der Waals surface area contributed by atoms with Crippen molar-refractivity contribution in [1.29, 1.82) is 0 Å². The topological polar surface area (TPSA) is 96.3 Å². The fraction of sp³-hybridized carbons (Fsp3) is 0.429. The number of carbonyl (C=O) groups is 3. The van der Waals surface area contributed by atoms with Gasteiger partial charge in [-0.3, -0.25) is 19.1 Å². The first-order valence-electron chi connectivity index (χ1n) is 9.99. The summed E-state index contributed by atoms with van der Waals surface area (Å²) >= 11 is 0. The van der Waals surface area contributed by atoms with E-state index in [4.69, 9.17) is 0 Å². The van der Waals surface area contributed by atoms with Crippen molar-refractivity contribution in [3.63, 3.8) is 0 Å². The summed E-state index contributed by atoms with van der Waals surface area (Å²) in [6.07, 6.45) is 1.58. The predicted octanol–water partition coefficient (Wildman–Crippen LogP) is 1.57. The lowest BCUT2D eigenvalue weighted by atomic mass is 10.2. The largest absolute Gasteiger partial charge is 0.354 e. The minimum absolute atomic E-state index is 0.144. The second-order valence-corrected chi connectivity index (χ2v) is 7.19. The lowest BCUT2D eigenvalue weighted by molar-refractivity contribution is -0.122. The molecule has 2 N–H and O–H groups in total. The normalized spacial score (nSPS) is 14.7. The molecule has 1 aromatic carbocycles. The van der Waals surface area contributed by atoms with E-state index in [2.05, 4.69) is 15.7 Å². The highest BCUT2D eigenvalue weighted by Crippen LogP contribution is 2.16. The molecule has 3 rings (SSSR count). The fourth-order valence-electron chi connectivity index (χ4n) is 3.24. The number of aromatic nitrogens is 2. The van der Waals surface area contributed by atoms with Crippen molar-refractivity contribution < 1.29 is 14.4 Å². The van der Waals surface area contributed by atoms with Crippen molar-refractivity contribution in [1.82, 2.24) is 25.3 Å². The first-order valence-corrected chi connectivity index (χ1v) is 9.99. The zero-order valence-corrected chi connectivity index (χ0v) is 16.9. The van der Waals surface area contributed by atoms with E-state index in [-0.39, 0.29) is 17.5 Å². The summed E-state index contributed by atoms with van der Waals surface area (Å²) in [4.78, 5) is 39.3. The quantitative estimate of drug-likeness (QED) is 0.741. The molecule has 0 saturated carbocycles. The summed E-state index contributed by atoms with van der Waals surface area (Å²) in [5.41, 5.74) is 1.59. The van der Waals surface area contributed by atoms with E-state index in [1.54, 1.807) is 16.5 Å². The van der Waals surface area contributed by atoms with Crippen molar-refractivity contribution >= 4 is 17.7 Å². The van der Waals surface area contributed by atoms with Gasteiger partial charge in [0, 0.05) is 32.2 Å². The molecule has 3 amide bonds. The summed E-state index contributed by atoms with van der Waals surface area (Å²) < 4.78 is 1.59. The third kappa shape index (κ3) is 5.01. The van der Waals surface area contributed by atoms with Gasteiger partial charge in [0.25, 0.3) is 11.8 Å². The third-order valence-electron chi connectivity index (χ3n) is 4.82. The highest BCUT2D eigenvalue weighted by Gasteiger charge is 2.27. The number of fused-ring (bicyclic) bond motifs is 1. The zero-order valence-electron chi connectivity index (χ0n) is 16.9. The molecule has 0 bridgehead atoms. The van der Waals surface area contributed by atoms with Crippen LogP contribution in [-0.4, -0.2) is 51.5 Å². The maximum atomic E-state index is 13.0. The van der Waals surface area contributed by atoms with Crippen LogP contribution in [0.15, 0.2) is 36.4 Å². The van der Waals surface area contributed by atoms with Crippen molar-refractivity contribution in [2.45, 2.75) is 45.8 Å². The Kier molecular flexibility index (Phi) is 6.64. The van der Waals surface area contributed by atoms with Crippen molar-refractivity contribution in [2.24, 2.45) is 0 Å². The van der Waals surface area contributed by atoms with Gasteiger partial charge in [0.2, 0.25) is 5.91 Å². The lowest BCUT2D eigenvalue weighted by Crippen LogP contribution is -2.45. The number of amides is 3. The molecule has 1 aliphatic heterocycles. The van der Waals surface area contributed by atoms with E-state index in [1.165, 1.54) is 6.07 Å². The molecule has 0 unspecified atom stereocenters. The maximum Gasteiger partial charge on any atom is 0.272 e. The minimum Gasteiger partial charge on any atom is -0.354 e. The lowest BCUT2D eigenvalue weighted by Gasteiger charge is -2.20. The van der Waals surface area contributed by atoms with Gasteiger partial charge in [-0.25, -0.2) is 0 Å². The summed E-state index contributed by atoms with van der Waals surface area (Å²) in [6.45, 7) is 5.85. The first-order chi connectivity index (χ1) is 14.0. The van der Waals surface area contributed by atoms with Gasteiger partial charge in [0.15, 0.2) is 5.69 Å². The van der Waals surface area contributed by atoms with Gasteiger partial charge in [-0.05, 0) is 25.3 Å². The Morgan fingerprint density at radius 2 is 1.97 bits per heavy atom. The van der Waals surface area contributed by atoms with E-state index in [0.29, 0.717) is 31.9 Å². The highest BCUT2D eigenvalue weighted by atomic mass is 16.2. The van der Waals surface area contributed by atoms with E-state index in [1.807, 2.05) is 37.3 Å². The van der Waals surface area contributed by atoms with Crippen molar-refractivity contribution in [3.05, 3.63) is 53.3 Å². The molecule has 0 aliphatic carbocycles. The smallest absolute Gasteiger partial charge is 0.272 e. The maximum absolute atomic E-state index is 13.0. The molecule has 1 aliphatic rings. The Hall–Kier alpha value is -3.16. The second kappa shape index (κ2) is 9.36. The number of rotatable bonds is 7. The van der Waals surface area contributed by atoms with E-state index in [0.717, 1.165) is 18.4 Å². The van der Waals surface area contributed by atoms with Crippen LogP contribution in [0.25, 0.3) is 0 Å². The highest BCUT2D eigenvalue weighted by molar-refractivity contribution is 5.99. The fourth-order valence-corrected chi connectivity index (χ4v) is 3.24. The third-order valence-corrected chi connectivity index (χ3v) is 4.82. The van der Waals surface area contributed by atoms with Gasteiger partial charge in [0.1, 0.15) is 11.7 Å². The Balaban J connectivity index is 1.70. The Morgan fingerprint density at radius 1 is 1.21 bits per heavy atom. The Bertz CT molecular complexity index is 878. The van der Waals surface area contributed by atoms with Crippen LogP contribution in [0.3, 0.4) is 0 Å². The molecule has 2 aromatic rings. The summed E-state index contributed by atoms with van der Waals surface area (Å²) in [5, 5.41) is 9.69. The van der Waals surface area contributed by atoms with Crippen LogP contribution in [-0.2, 0) is 17.9 Å². The predicted molar refractivity (Wildman–Crippen MR) is 108 cm³/mol. The first kappa shape index (κ1) is 20.6. The van der Waals surface area contributed by atoms with E-state index < -0.39 is 11.9 Å². The molecule has 2 heterocycles. The molecule has 154 valence electrons. The van der Waals surface area contributed by atoms with Crippen LogP contribution in [0.2, 0.25) is 0 Å². The molecular weight excluding hydrogens is 370 g/mol. The Morgan fingerprint density at radius 3 is 2.69 bits per heavy atom. The number of benzene rings is 1.